The molecule has 4 rings (SSSR count). The molecule has 0 spiro atoms. The Morgan fingerprint density at radius 2 is 1.60 bits per heavy atom. The number of fused-ring (bicyclic) bond motifs is 1. The van der Waals surface area contributed by atoms with E-state index in [9.17, 15) is 14.7 Å². The SMILES string of the molecule is NC(=O)c1c(O)ncn1Cc1ccc(NC(=O)Nc2ccc3ccccc3c2)cc1. The number of hydrogen-bond acceptors (Lipinski definition) is 4. The summed E-state index contributed by atoms with van der Waals surface area (Å²) in [5.74, 6) is -1.15. The quantitative estimate of drug-likeness (QED) is 0.408. The molecule has 0 radical (unpaired) electrons. The average molecular weight is 401 g/mol. The molecule has 1 aromatic heterocycles. The minimum Gasteiger partial charge on any atom is -0.492 e. The zero-order chi connectivity index (χ0) is 21.1. The summed E-state index contributed by atoms with van der Waals surface area (Å²) in [7, 11) is 0. The second kappa shape index (κ2) is 7.96. The van der Waals surface area contributed by atoms with Crippen LogP contribution in [0.5, 0.6) is 5.88 Å². The van der Waals surface area contributed by atoms with E-state index in [1.807, 2.05) is 42.5 Å². The summed E-state index contributed by atoms with van der Waals surface area (Å²) in [5.41, 5.74) is 7.37. The molecule has 0 fully saturated rings. The molecule has 8 nitrogen and oxygen atoms in total. The minimum atomic E-state index is -0.756. The van der Waals surface area contributed by atoms with E-state index in [1.165, 1.54) is 10.9 Å². The highest BCUT2D eigenvalue weighted by molar-refractivity contribution is 6.01. The highest BCUT2D eigenvalue weighted by Crippen LogP contribution is 2.20. The molecule has 0 aliphatic rings. The first-order chi connectivity index (χ1) is 14.5. The Morgan fingerprint density at radius 3 is 2.33 bits per heavy atom. The van der Waals surface area contributed by atoms with Gasteiger partial charge in [-0.2, -0.15) is 0 Å². The van der Waals surface area contributed by atoms with Gasteiger partial charge in [0.05, 0.1) is 6.33 Å². The maximum Gasteiger partial charge on any atom is 0.323 e. The lowest BCUT2D eigenvalue weighted by Gasteiger charge is -2.10. The fourth-order valence-corrected chi connectivity index (χ4v) is 3.19. The van der Waals surface area contributed by atoms with Crippen LogP contribution in [0.2, 0.25) is 0 Å². The van der Waals surface area contributed by atoms with Gasteiger partial charge in [-0.1, -0.05) is 42.5 Å². The van der Waals surface area contributed by atoms with Crippen LogP contribution < -0.4 is 16.4 Å². The summed E-state index contributed by atoms with van der Waals surface area (Å²) in [5, 5.41) is 17.4. The van der Waals surface area contributed by atoms with Gasteiger partial charge in [-0.3, -0.25) is 4.79 Å². The van der Waals surface area contributed by atoms with E-state index in [0.29, 0.717) is 17.9 Å². The zero-order valence-corrected chi connectivity index (χ0v) is 15.9. The highest BCUT2D eigenvalue weighted by Gasteiger charge is 2.15. The van der Waals surface area contributed by atoms with Crippen LogP contribution in [0.15, 0.2) is 73.1 Å². The Labute approximate surface area is 172 Å². The summed E-state index contributed by atoms with van der Waals surface area (Å²) in [6.45, 7) is 0.301. The summed E-state index contributed by atoms with van der Waals surface area (Å²) in [6, 6.07) is 20.4. The maximum absolute atomic E-state index is 12.3. The molecular formula is C22H19N5O3. The van der Waals surface area contributed by atoms with Gasteiger partial charge < -0.3 is 26.0 Å². The fraction of sp³-hybridized carbons (Fsp3) is 0.0455. The number of benzene rings is 3. The molecule has 0 aliphatic heterocycles. The van der Waals surface area contributed by atoms with Crippen molar-refractivity contribution in [1.82, 2.24) is 9.55 Å². The first-order valence-corrected chi connectivity index (χ1v) is 9.19. The van der Waals surface area contributed by atoms with Crippen molar-refractivity contribution >= 4 is 34.1 Å². The fourth-order valence-electron chi connectivity index (χ4n) is 3.19. The van der Waals surface area contributed by atoms with Crippen molar-refractivity contribution in [3.63, 3.8) is 0 Å². The number of nitrogens with zero attached hydrogens (tertiary/aromatic N) is 2. The number of nitrogens with two attached hydrogens (primary N) is 1. The molecule has 3 amide bonds. The van der Waals surface area contributed by atoms with E-state index in [2.05, 4.69) is 15.6 Å². The van der Waals surface area contributed by atoms with Gasteiger partial charge in [0, 0.05) is 17.9 Å². The van der Waals surface area contributed by atoms with Crippen molar-refractivity contribution in [2.24, 2.45) is 5.73 Å². The van der Waals surface area contributed by atoms with Crippen molar-refractivity contribution in [2.45, 2.75) is 6.54 Å². The van der Waals surface area contributed by atoms with Crippen LogP contribution in [0.1, 0.15) is 16.1 Å². The number of carbonyl (C=O) groups is 2. The molecule has 0 aliphatic carbocycles. The first kappa shape index (κ1) is 19.0. The third-order valence-corrected chi connectivity index (χ3v) is 4.62. The van der Waals surface area contributed by atoms with Crippen molar-refractivity contribution < 1.29 is 14.7 Å². The number of aromatic hydroxyl groups is 1. The lowest BCUT2D eigenvalue weighted by Crippen LogP contribution is -2.19. The van der Waals surface area contributed by atoms with E-state index in [1.54, 1.807) is 24.3 Å². The first-order valence-electron chi connectivity index (χ1n) is 9.19. The second-order valence-corrected chi connectivity index (χ2v) is 6.75. The minimum absolute atomic E-state index is 0.0491. The normalized spacial score (nSPS) is 10.7. The molecule has 1 heterocycles. The van der Waals surface area contributed by atoms with E-state index in [0.717, 1.165) is 16.3 Å². The Hall–Kier alpha value is -4.33. The summed E-state index contributed by atoms with van der Waals surface area (Å²) < 4.78 is 1.46. The number of carbonyl (C=O) groups excluding carboxylic acids is 2. The lowest BCUT2D eigenvalue weighted by molar-refractivity contribution is 0.0989. The van der Waals surface area contributed by atoms with E-state index in [4.69, 9.17) is 5.73 Å². The molecule has 0 atom stereocenters. The van der Waals surface area contributed by atoms with E-state index < -0.39 is 11.8 Å². The predicted octanol–water partition coefficient (Wildman–Crippen LogP) is 3.53. The number of rotatable bonds is 5. The topological polar surface area (TPSA) is 122 Å². The van der Waals surface area contributed by atoms with Crippen LogP contribution in [0, 0.1) is 0 Å². The number of amides is 3. The van der Waals surface area contributed by atoms with Gasteiger partial charge in [0.1, 0.15) is 0 Å². The van der Waals surface area contributed by atoms with Crippen LogP contribution in [0.3, 0.4) is 0 Å². The lowest BCUT2D eigenvalue weighted by atomic mass is 10.1. The third kappa shape index (κ3) is 4.07. The van der Waals surface area contributed by atoms with Crippen LogP contribution in [0.25, 0.3) is 10.8 Å². The van der Waals surface area contributed by atoms with Gasteiger partial charge in [-0.05, 0) is 40.6 Å². The summed E-state index contributed by atoms with van der Waals surface area (Å²) in [6.07, 6.45) is 1.35. The molecule has 5 N–H and O–H groups in total. The molecular weight excluding hydrogens is 382 g/mol. The molecule has 0 saturated carbocycles. The van der Waals surface area contributed by atoms with Crippen molar-refractivity contribution in [3.05, 3.63) is 84.3 Å². The van der Waals surface area contributed by atoms with Crippen molar-refractivity contribution in [2.75, 3.05) is 10.6 Å². The number of aromatic nitrogens is 2. The van der Waals surface area contributed by atoms with Gasteiger partial charge in [0.15, 0.2) is 5.69 Å². The molecule has 8 heteroatoms. The van der Waals surface area contributed by atoms with Gasteiger partial charge in [0.25, 0.3) is 5.91 Å². The number of nitrogens with one attached hydrogen (secondary N) is 2. The number of urea groups is 1. The van der Waals surface area contributed by atoms with E-state index in [-0.39, 0.29) is 11.7 Å². The van der Waals surface area contributed by atoms with Gasteiger partial charge in [0.2, 0.25) is 5.88 Å². The van der Waals surface area contributed by atoms with Crippen molar-refractivity contribution in [1.29, 1.82) is 0 Å². The van der Waals surface area contributed by atoms with E-state index >= 15 is 0 Å². The second-order valence-electron chi connectivity index (χ2n) is 6.75. The Kier molecular flexibility index (Phi) is 5.04. The Morgan fingerprint density at radius 1 is 0.933 bits per heavy atom. The molecule has 0 bridgehead atoms. The molecule has 0 unspecified atom stereocenters. The van der Waals surface area contributed by atoms with Crippen LogP contribution >= 0.6 is 0 Å². The highest BCUT2D eigenvalue weighted by atomic mass is 16.3. The van der Waals surface area contributed by atoms with Crippen molar-refractivity contribution in [3.8, 4) is 5.88 Å². The Balaban J connectivity index is 1.40. The predicted molar refractivity (Wildman–Crippen MR) is 115 cm³/mol. The van der Waals surface area contributed by atoms with Crippen LogP contribution in [-0.2, 0) is 6.54 Å². The standard InChI is InChI=1S/C22H19N5O3/c23-20(28)19-21(29)24-13-27(19)12-14-5-8-17(9-6-14)25-22(30)26-18-10-7-15-3-1-2-4-16(15)11-18/h1-11,13,29H,12H2,(H2,23,28)(H2,25,26,30). The molecule has 4 aromatic rings. The number of primary amides is 1. The summed E-state index contributed by atoms with van der Waals surface area (Å²) in [4.78, 5) is 27.4. The molecule has 30 heavy (non-hydrogen) atoms. The van der Waals surface area contributed by atoms with Gasteiger partial charge >= 0.3 is 6.03 Å². The monoisotopic (exact) mass is 401 g/mol. The molecule has 3 aromatic carbocycles. The largest absolute Gasteiger partial charge is 0.492 e. The Bertz CT molecular complexity index is 1230. The average Bonchev–Trinajstić information content (AvgIpc) is 3.09. The van der Waals surface area contributed by atoms with Crippen LogP contribution in [0.4, 0.5) is 16.2 Å². The number of anilines is 2. The maximum atomic E-state index is 12.3. The van der Waals surface area contributed by atoms with Gasteiger partial charge in [-0.15, -0.1) is 0 Å². The van der Waals surface area contributed by atoms with Gasteiger partial charge in [-0.25, -0.2) is 9.78 Å². The number of hydrogen-bond donors (Lipinski definition) is 4. The van der Waals surface area contributed by atoms with Crippen LogP contribution in [-0.4, -0.2) is 26.6 Å². The smallest absolute Gasteiger partial charge is 0.323 e. The summed E-state index contributed by atoms with van der Waals surface area (Å²) >= 11 is 0. The number of imidazole rings is 1. The molecule has 150 valence electrons. The third-order valence-electron chi connectivity index (χ3n) is 4.62. The zero-order valence-electron chi connectivity index (χ0n) is 15.9. The molecule has 0 saturated heterocycles.